The predicted molar refractivity (Wildman–Crippen MR) is 54.4 cm³/mol. The van der Waals surface area contributed by atoms with Crippen LogP contribution < -0.4 is 4.74 Å². The Balaban J connectivity index is 2.60. The Bertz CT molecular complexity index is 314. The first kappa shape index (κ1) is 9.41. The second-order valence-electron chi connectivity index (χ2n) is 2.57. The maximum absolute atomic E-state index is 5.30. The first-order valence-electron chi connectivity index (χ1n) is 4.25. The molecule has 1 aromatic carbocycles. The van der Waals surface area contributed by atoms with Crippen molar-refractivity contribution in [1.82, 2.24) is 0 Å². The molecule has 0 bridgehead atoms. The van der Waals surface area contributed by atoms with E-state index >= 15 is 0 Å². The van der Waals surface area contributed by atoms with Crippen LogP contribution in [-0.2, 0) is 0 Å². The van der Waals surface area contributed by atoms with E-state index in [9.17, 15) is 0 Å². The van der Waals surface area contributed by atoms with Crippen LogP contribution in [0.15, 0.2) is 36.6 Å². The van der Waals surface area contributed by atoms with Crippen LogP contribution in [0.25, 0.3) is 0 Å². The number of rotatable bonds is 3. The molecule has 13 heavy (non-hydrogen) atoms. The number of terminal acetylenes is 1. The van der Waals surface area contributed by atoms with Crippen LogP contribution in [0.5, 0.6) is 5.75 Å². The topological polar surface area (TPSA) is 9.23 Å². The van der Waals surface area contributed by atoms with Gasteiger partial charge in [0.2, 0.25) is 0 Å². The van der Waals surface area contributed by atoms with Crippen LogP contribution in [0.4, 0.5) is 0 Å². The third-order valence-corrected chi connectivity index (χ3v) is 1.56. The van der Waals surface area contributed by atoms with Gasteiger partial charge in [0.1, 0.15) is 5.75 Å². The molecule has 0 radical (unpaired) electrons. The van der Waals surface area contributed by atoms with Crippen molar-refractivity contribution in [3.63, 3.8) is 0 Å². The molecule has 0 aliphatic carbocycles. The van der Waals surface area contributed by atoms with E-state index in [0.29, 0.717) is 0 Å². The standard InChI is InChI=1S/C12H12O/c1-3-5-10-13-12-8-6-11(4-2)7-9-12/h2,5-10H,3H2,1H3/b10-5+. The smallest absolute Gasteiger partial charge is 0.126 e. The minimum atomic E-state index is 0.809. The number of hydrogen-bond acceptors (Lipinski definition) is 1. The van der Waals surface area contributed by atoms with Gasteiger partial charge in [-0.15, -0.1) is 6.42 Å². The van der Waals surface area contributed by atoms with Gasteiger partial charge in [0, 0.05) is 5.56 Å². The van der Waals surface area contributed by atoms with E-state index in [0.717, 1.165) is 17.7 Å². The second kappa shape index (κ2) is 5.05. The Morgan fingerprint density at radius 1 is 1.38 bits per heavy atom. The second-order valence-corrected chi connectivity index (χ2v) is 2.57. The lowest BCUT2D eigenvalue weighted by atomic mass is 10.2. The third kappa shape index (κ3) is 3.04. The molecule has 0 spiro atoms. The van der Waals surface area contributed by atoms with E-state index in [1.54, 1.807) is 6.26 Å². The number of allylic oxidation sites excluding steroid dienone is 1. The molecule has 0 amide bonds. The van der Waals surface area contributed by atoms with Crippen LogP contribution in [0, 0.1) is 12.3 Å². The molecule has 0 N–H and O–H groups in total. The Morgan fingerprint density at radius 2 is 2.08 bits per heavy atom. The minimum absolute atomic E-state index is 0.809. The minimum Gasteiger partial charge on any atom is -0.465 e. The molecular weight excluding hydrogens is 160 g/mol. The quantitative estimate of drug-likeness (QED) is 0.503. The predicted octanol–water partition coefficient (Wildman–Crippen LogP) is 2.97. The summed E-state index contributed by atoms with van der Waals surface area (Å²) in [5.41, 5.74) is 0.867. The SMILES string of the molecule is C#Cc1ccc(O/C=C/CC)cc1. The largest absolute Gasteiger partial charge is 0.465 e. The molecule has 0 heterocycles. The summed E-state index contributed by atoms with van der Waals surface area (Å²) in [7, 11) is 0. The fourth-order valence-electron chi connectivity index (χ4n) is 0.853. The first-order valence-corrected chi connectivity index (χ1v) is 4.25. The van der Waals surface area contributed by atoms with Gasteiger partial charge in [0.15, 0.2) is 0 Å². The number of hydrogen-bond donors (Lipinski definition) is 0. The Morgan fingerprint density at radius 3 is 2.62 bits per heavy atom. The highest BCUT2D eigenvalue weighted by Crippen LogP contribution is 2.11. The van der Waals surface area contributed by atoms with Crippen LogP contribution in [0.2, 0.25) is 0 Å². The van der Waals surface area contributed by atoms with E-state index in [1.807, 2.05) is 30.3 Å². The highest BCUT2D eigenvalue weighted by molar-refractivity contribution is 5.36. The van der Waals surface area contributed by atoms with Gasteiger partial charge in [-0.05, 0) is 36.8 Å². The Kier molecular flexibility index (Phi) is 3.66. The summed E-state index contributed by atoms with van der Waals surface area (Å²) in [5.74, 6) is 3.36. The van der Waals surface area contributed by atoms with E-state index in [2.05, 4.69) is 12.8 Å². The molecule has 66 valence electrons. The summed E-state index contributed by atoms with van der Waals surface area (Å²) in [4.78, 5) is 0. The Labute approximate surface area is 79.0 Å². The average Bonchev–Trinajstić information content (AvgIpc) is 2.19. The molecule has 0 fully saturated rings. The van der Waals surface area contributed by atoms with Gasteiger partial charge in [-0.3, -0.25) is 0 Å². The van der Waals surface area contributed by atoms with E-state index in [4.69, 9.17) is 11.2 Å². The highest BCUT2D eigenvalue weighted by Gasteiger charge is 1.89. The molecule has 0 atom stereocenters. The molecule has 1 heteroatoms. The van der Waals surface area contributed by atoms with Crippen molar-refractivity contribution >= 4 is 0 Å². The molecule has 0 aromatic heterocycles. The van der Waals surface area contributed by atoms with Gasteiger partial charge < -0.3 is 4.74 Å². The third-order valence-electron chi connectivity index (χ3n) is 1.56. The highest BCUT2D eigenvalue weighted by atomic mass is 16.5. The van der Waals surface area contributed by atoms with Crippen molar-refractivity contribution in [2.24, 2.45) is 0 Å². The summed E-state index contributed by atoms with van der Waals surface area (Å²) in [6, 6.07) is 7.43. The fourth-order valence-corrected chi connectivity index (χ4v) is 0.853. The van der Waals surface area contributed by atoms with Crippen molar-refractivity contribution in [3.05, 3.63) is 42.2 Å². The lowest BCUT2D eigenvalue weighted by Crippen LogP contribution is -1.81. The molecule has 1 rings (SSSR count). The average molecular weight is 172 g/mol. The van der Waals surface area contributed by atoms with Gasteiger partial charge in [0.25, 0.3) is 0 Å². The lowest BCUT2D eigenvalue weighted by Gasteiger charge is -1.98. The van der Waals surface area contributed by atoms with Crippen molar-refractivity contribution < 1.29 is 4.74 Å². The van der Waals surface area contributed by atoms with Gasteiger partial charge in [-0.1, -0.05) is 12.8 Å². The summed E-state index contributed by atoms with van der Waals surface area (Å²) in [6.45, 7) is 2.06. The zero-order valence-corrected chi connectivity index (χ0v) is 7.66. The summed E-state index contributed by atoms with van der Waals surface area (Å²) in [5, 5.41) is 0. The number of ether oxygens (including phenoxy) is 1. The van der Waals surface area contributed by atoms with Crippen LogP contribution in [0.1, 0.15) is 18.9 Å². The maximum Gasteiger partial charge on any atom is 0.126 e. The van der Waals surface area contributed by atoms with Crippen molar-refractivity contribution in [2.45, 2.75) is 13.3 Å². The van der Waals surface area contributed by atoms with Crippen LogP contribution in [0.3, 0.4) is 0 Å². The number of benzene rings is 1. The summed E-state index contributed by atoms with van der Waals surface area (Å²) in [6.07, 6.45) is 9.83. The monoisotopic (exact) mass is 172 g/mol. The molecule has 0 saturated carbocycles. The lowest BCUT2D eigenvalue weighted by molar-refractivity contribution is 0.479. The van der Waals surface area contributed by atoms with E-state index in [-0.39, 0.29) is 0 Å². The maximum atomic E-state index is 5.30. The zero-order valence-electron chi connectivity index (χ0n) is 7.66. The fraction of sp³-hybridized carbons (Fsp3) is 0.167. The summed E-state index contributed by atoms with van der Waals surface area (Å²) < 4.78 is 5.30. The molecule has 0 aliphatic heterocycles. The van der Waals surface area contributed by atoms with Crippen molar-refractivity contribution in [1.29, 1.82) is 0 Å². The first-order chi connectivity index (χ1) is 6.36. The van der Waals surface area contributed by atoms with Crippen molar-refractivity contribution in [3.8, 4) is 18.1 Å². The van der Waals surface area contributed by atoms with Crippen LogP contribution in [-0.4, -0.2) is 0 Å². The van der Waals surface area contributed by atoms with Gasteiger partial charge in [-0.2, -0.15) is 0 Å². The Hall–Kier alpha value is -1.68. The summed E-state index contributed by atoms with van der Waals surface area (Å²) >= 11 is 0. The van der Waals surface area contributed by atoms with Gasteiger partial charge in [-0.25, -0.2) is 0 Å². The zero-order chi connectivity index (χ0) is 9.52. The molecule has 0 saturated heterocycles. The van der Waals surface area contributed by atoms with Gasteiger partial charge in [0.05, 0.1) is 6.26 Å². The van der Waals surface area contributed by atoms with Crippen LogP contribution >= 0.6 is 0 Å². The molecule has 0 aliphatic rings. The molecule has 0 unspecified atom stereocenters. The normalized spacial score (nSPS) is 9.85. The van der Waals surface area contributed by atoms with E-state index in [1.165, 1.54) is 0 Å². The van der Waals surface area contributed by atoms with E-state index < -0.39 is 0 Å². The molecule has 1 nitrogen and oxygen atoms in total. The molecule has 1 aromatic rings. The molecular formula is C12H12O. The van der Waals surface area contributed by atoms with Crippen molar-refractivity contribution in [2.75, 3.05) is 0 Å². The van der Waals surface area contributed by atoms with Gasteiger partial charge >= 0.3 is 0 Å².